The number of rotatable bonds is 3. The van der Waals surface area contributed by atoms with Gasteiger partial charge in [-0.2, -0.15) is 0 Å². The van der Waals surface area contributed by atoms with Crippen molar-refractivity contribution in [1.82, 2.24) is 9.62 Å². The van der Waals surface area contributed by atoms with Crippen molar-refractivity contribution in [2.75, 3.05) is 19.6 Å². The van der Waals surface area contributed by atoms with Gasteiger partial charge in [0.1, 0.15) is 5.84 Å². The van der Waals surface area contributed by atoms with Gasteiger partial charge in [0.05, 0.1) is 10.9 Å². The fraction of sp³-hybridized carbons (Fsp3) is 0.533. The topological polar surface area (TPSA) is 61.8 Å². The van der Waals surface area contributed by atoms with Gasteiger partial charge in [-0.25, -0.2) is 8.42 Å². The molecule has 1 aromatic carbocycles. The first kappa shape index (κ1) is 13.3. The van der Waals surface area contributed by atoms with E-state index in [0.29, 0.717) is 16.3 Å². The van der Waals surface area contributed by atoms with Crippen LogP contribution in [0.25, 0.3) is 0 Å². The highest BCUT2D eigenvalue weighted by Crippen LogP contribution is 2.31. The molecule has 5 nitrogen and oxygen atoms in total. The number of amidine groups is 1. The molecule has 3 aliphatic rings. The summed E-state index contributed by atoms with van der Waals surface area (Å²) in [7, 11) is -3.41. The number of nitrogens with zero attached hydrogens (tertiary/aromatic N) is 2. The summed E-state index contributed by atoms with van der Waals surface area (Å²) in [4.78, 5) is 7.48. The molecular formula is C15H19N3O2S. The number of fused-ring (bicyclic) bond motifs is 1. The minimum Gasteiger partial charge on any atom is -0.301 e. The maximum atomic E-state index is 12.1. The van der Waals surface area contributed by atoms with Crippen LogP contribution in [-0.2, 0) is 10.0 Å². The SMILES string of the molecule is O=S1(=O)NC(=NC2CCN(CC3CC3)C2)c2ccccc21. The lowest BCUT2D eigenvalue weighted by atomic mass is 10.2. The van der Waals surface area contributed by atoms with Gasteiger partial charge in [-0.3, -0.25) is 9.71 Å². The standard InChI is InChI=1S/C15H19N3O2S/c19-21(20)14-4-2-1-3-13(14)15(17-21)16-12-7-8-18(10-12)9-11-5-6-11/h1-4,11-12H,5-10H2,(H,16,17). The van der Waals surface area contributed by atoms with Crippen LogP contribution in [0.15, 0.2) is 34.2 Å². The predicted molar refractivity (Wildman–Crippen MR) is 80.9 cm³/mol. The number of benzene rings is 1. The average Bonchev–Trinajstić information content (AvgIpc) is 3.10. The summed E-state index contributed by atoms with van der Waals surface area (Å²) < 4.78 is 26.7. The summed E-state index contributed by atoms with van der Waals surface area (Å²) in [5.41, 5.74) is 0.707. The molecule has 0 bridgehead atoms. The zero-order chi connectivity index (χ0) is 14.4. The number of nitrogens with one attached hydrogen (secondary N) is 1. The molecule has 112 valence electrons. The molecule has 2 heterocycles. The summed E-state index contributed by atoms with van der Waals surface area (Å²) in [6, 6.07) is 7.25. The van der Waals surface area contributed by atoms with Crippen molar-refractivity contribution in [3.63, 3.8) is 0 Å². The first-order chi connectivity index (χ1) is 10.1. The molecule has 1 atom stereocenters. The van der Waals surface area contributed by atoms with Crippen molar-refractivity contribution in [2.45, 2.75) is 30.2 Å². The minimum absolute atomic E-state index is 0.201. The Bertz CT molecular complexity index is 695. The lowest BCUT2D eigenvalue weighted by molar-refractivity contribution is 0.320. The van der Waals surface area contributed by atoms with Crippen molar-refractivity contribution in [3.05, 3.63) is 29.8 Å². The Morgan fingerprint density at radius 1 is 1.24 bits per heavy atom. The van der Waals surface area contributed by atoms with Crippen molar-refractivity contribution >= 4 is 15.9 Å². The Balaban J connectivity index is 1.54. The van der Waals surface area contributed by atoms with Crippen molar-refractivity contribution in [1.29, 1.82) is 0 Å². The van der Waals surface area contributed by atoms with Crippen LogP contribution in [-0.4, -0.2) is 44.8 Å². The Morgan fingerprint density at radius 2 is 2.05 bits per heavy atom. The van der Waals surface area contributed by atoms with E-state index in [4.69, 9.17) is 0 Å². The number of hydrogen-bond acceptors (Lipinski definition) is 4. The van der Waals surface area contributed by atoms with Gasteiger partial charge in [-0.15, -0.1) is 0 Å². The van der Waals surface area contributed by atoms with Crippen LogP contribution in [0.4, 0.5) is 0 Å². The van der Waals surface area contributed by atoms with Gasteiger partial charge < -0.3 is 4.90 Å². The first-order valence-electron chi connectivity index (χ1n) is 7.54. The molecule has 1 saturated carbocycles. The van der Waals surface area contributed by atoms with Gasteiger partial charge in [0.2, 0.25) is 0 Å². The fourth-order valence-electron chi connectivity index (χ4n) is 3.16. The van der Waals surface area contributed by atoms with E-state index in [1.807, 2.05) is 12.1 Å². The molecule has 0 spiro atoms. The van der Waals surface area contributed by atoms with Gasteiger partial charge in [0.15, 0.2) is 0 Å². The molecule has 0 radical (unpaired) electrons. The zero-order valence-corrected chi connectivity index (χ0v) is 12.6. The van der Waals surface area contributed by atoms with E-state index in [1.54, 1.807) is 12.1 Å². The Hall–Kier alpha value is -1.40. The summed E-state index contributed by atoms with van der Waals surface area (Å²) in [5.74, 6) is 1.41. The molecule has 2 aliphatic heterocycles. The largest absolute Gasteiger partial charge is 0.301 e. The fourth-order valence-corrected chi connectivity index (χ4v) is 4.40. The molecule has 2 fully saturated rings. The highest BCUT2D eigenvalue weighted by atomic mass is 32.2. The number of hydrogen-bond donors (Lipinski definition) is 1. The normalized spacial score (nSPS) is 29.5. The summed E-state index contributed by atoms with van der Waals surface area (Å²) in [5, 5.41) is 0. The second-order valence-corrected chi connectivity index (χ2v) is 7.88. The first-order valence-corrected chi connectivity index (χ1v) is 9.02. The molecule has 0 aromatic heterocycles. The number of aliphatic imine (C=N–C) groups is 1. The molecule has 1 aliphatic carbocycles. The smallest absolute Gasteiger partial charge is 0.263 e. The average molecular weight is 305 g/mol. The number of likely N-dealkylation sites (tertiary alicyclic amines) is 1. The van der Waals surface area contributed by atoms with Gasteiger partial charge in [-0.1, -0.05) is 12.1 Å². The Morgan fingerprint density at radius 3 is 2.86 bits per heavy atom. The molecule has 1 aromatic rings. The second-order valence-electron chi connectivity index (χ2n) is 6.22. The van der Waals surface area contributed by atoms with E-state index in [1.165, 1.54) is 19.4 Å². The maximum absolute atomic E-state index is 12.1. The van der Waals surface area contributed by atoms with Gasteiger partial charge >= 0.3 is 0 Å². The molecular weight excluding hydrogens is 286 g/mol. The van der Waals surface area contributed by atoms with Crippen LogP contribution >= 0.6 is 0 Å². The highest BCUT2D eigenvalue weighted by molar-refractivity contribution is 7.90. The van der Waals surface area contributed by atoms with Crippen molar-refractivity contribution in [3.8, 4) is 0 Å². The Kier molecular flexibility index (Phi) is 3.04. The molecule has 21 heavy (non-hydrogen) atoms. The van der Waals surface area contributed by atoms with E-state index >= 15 is 0 Å². The maximum Gasteiger partial charge on any atom is 0.263 e. The van der Waals surface area contributed by atoms with Crippen LogP contribution in [0.1, 0.15) is 24.8 Å². The molecule has 1 N–H and O–H groups in total. The second kappa shape index (κ2) is 4.81. The van der Waals surface area contributed by atoms with Crippen LogP contribution in [0.3, 0.4) is 0 Å². The Labute approximate surface area is 125 Å². The highest BCUT2D eigenvalue weighted by Gasteiger charge is 2.33. The third-order valence-corrected chi connectivity index (χ3v) is 5.83. The third kappa shape index (κ3) is 2.58. The van der Waals surface area contributed by atoms with E-state index < -0.39 is 10.0 Å². The van der Waals surface area contributed by atoms with Gasteiger partial charge in [0, 0.05) is 25.2 Å². The van der Waals surface area contributed by atoms with Crippen molar-refractivity contribution < 1.29 is 8.42 Å². The summed E-state index contributed by atoms with van der Waals surface area (Å²) in [6.45, 7) is 3.21. The van der Waals surface area contributed by atoms with E-state index in [0.717, 1.165) is 25.4 Å². The minimum atomic E-state index is -3.41. The van der Waals surface area contributed by atoms with Crippen LogP contribution in [0.5, 0.6) is 0 Å². The van der Waals surface area contributed by atoms with Crippen LogP contribution < -0.4 is 4.72 Å². The van der Waals surface area contributed by atoms with Gasteiger partial charge in [-0.05, 0) is 37.3 Å². The van der Waals surface area contributed by atoms with Crippen molar-refractivity contribution in [2.24, 2.45) is 10.9 Å². The lowest BCUT2D eigenvalue weighted by Crippen LogP contribution is -2.26. The van der Waals surface area contributed by atoms with Crippen LogP contribution in [0, 0.1) is 5.92 Å². The molecule has 0 amide bonds. The quantitative estimate of drug-likeness (QED) is 0.913. The molecule has 1 unspecified atom stereocenters. The third-order valence-electron chi connectivity index (χ3n) is 4.44. The lowest BCUT2D eigenvalue weighted by Gasteiger charge is -2.13. The van der Waals surface area contributed by atoms with E-state index in [-0.39, 0.29) is 6.04 Å². The number of sulfonamides is 1. The van der Waals surface area contributed by atoms with Crippen LogP contribution in [0.2, 0.25) is 0 Å². The molecule has 1 saturated heterocycles. The summed E-state index contributed by atoms with van der Waals surface area (Å²) in [6.07, 6.45) is 3.74. The molecule has 4 rings (SSSR count). The predicted octanol–water partition coefficient (Wildman–Crippen LogP) is 1.21. The van der Waals surface area contributed by atoms with E-state index in [9.17, 15) is 8.42 Å². The zero-order valence-electron chi connectivity index (χ0n) is 11.8. The summed E-state index contributed by atoms with van der Waals surface area (Å²) >= 11 is 0. The molecule has 6 heteroatoms. The van der Waals surface area contributed by atoms with Gasteiger partial charge in [0.25, 0.3) is 10.0 Å². The van der Waals surface area contributed by atoms with E-state index in [2.05, 4.69) is 14.6 Å². The monoisotopic (exact) mass is 305 g/mol.